The Balaban J connectivity index is 1.53. The molecule has 2 N–H and O–H groups in total. The van der Waals surface area contributed by atoms with Gasteiger partial charge in [-0.1, -0.05) is 18.2 Å². The van der Waals surface area contributed by atoms with E-state index in [2.05, 4.69) is 10.9 Å². The molecule has 0 radical (unpaired) electrons. The van der Waals surface area contributed by atoms with E-state index < -0.39 is 5.92 Å². The van der Waals surface area contributed by atoms with Crippen molar-refractivity contribution in [2.45, 2.75) is 19.9 Å². The van der Waals surface area contributed by atoms with E-state index >= 15 is 0 Å². The van der Waals surface area contributed by atoms with Gasteiger partial charge in [0.15, 0.2) is 0 Å². The van der Waals surface area contributed by atoms with Crippen LogP contribution in [0.2, 0.25) is 0 Å². The highest BCUT2D eigenvalue weighted by molar-refractivity contribution is 5.97. The zero-order valence-corrected chi connectivity index (χ0v) is 13.8. The Morgan fingerprint density at radius 1 is 1.20 bits per heavy atom. The topological polar surface area (TPSA) is 91.7 Å². The Bertz CT molecular complexity index is 785. The van der Waals surface area contributed by atoms with Crippen molar-refractivity contribution in [3.8, 4) is 0 Å². The van der Waals surface area contributed by atoms with E-state index in [1.54, 1.807) is 35.4 Å². The van der Waals surface area contributed by atoms with Gasteiger partial charge < -0.3 is 9.32 Å². The lowest BCUT2D eigenvalue weighted by molar-refractivity contribution is -0.129. The third kappa shape index (κ3) is 3.88. The number of carbonyl (C=O) groups excluding carboxylic acids is 3. The zero-order chi connectivity index (χ0) is 17.8. The second-order valence-electron chi connectivity index (χ2n) is 6.01. The Morgan fingerprint density at radius 2 is 2.00 bits per heavy atom. The lowest BCUT2D eigenvalue weighted by atomic mass is 10.1. The smallest absolute Gasteiger partial charge is 0.269 e. The van der Waals surface area contributed by atoms with Crippen LogP contribution in [0.5, 0.6) is 0 Å². The molecule has 1 aromatic heterocycles. The number of hydrogen-bond acceptors (Lipinski definition) is 4. The van der Waals surface area contributed by atoms with Crippen LogP contribution in [-0.4, -0.2) is 29.2 Å². The van der Waals surface area contributed by atoms with Crippen LogP contribution >= 0.6 is 0 Å². The monoisotopic (exact) mass is 341 g/mol. The summed E-state index contributed by atoms with van der Waals surface area (Å²) in [6.07, 6.45) is 1.66. The van der Waals surface area contributed by atoms with Crippen LogP contribution in [0.25, 0.3) is 0 Å². The highest BCUT2D eigenvalue weighted by Gasteiger charge is 2.34. The summed E-state index contributed by atoms with van der Waals surface area (Å²) in [6, 6.07) is 10.6. The van der Waals surface area contributed by atoms with E-state index in [0.29, 0.717) is 24.4 Å². The van der Waals surface area contributed by atoms with Gasteiger partial charge >= 0.3 is 0 Å². The van der Waals surface area contributed by atoms with Crippen molar-refractivity contribution < 1.29 is 18.8 Å². The summed E-state index contributed by atoms with van der Waals surface area (Å²) in [6.45, 7) is 2.45. The van der Waals surface area contributed by atoms with Gasteiger partial charge in [0, 0.05) is 18.5 Å². The third-order valence-electron chi connectivity index (χ3n) is 4.20. The molecule has 1 aliphatic heterocycles. The number of hydrazine groups is 1. The van der Waals surface area contributed by atoms with Gasteiger partial charge in [-0.25, -0.2) is 0 Å². The molecule has 1 aliphatic rings. The second kappa shape index (κ2) is 7.21. The summed E-state index contributed by atoms with van der Waals surface area (Å²) >= 11 is 0. The molecule has 0 aliphatic carbocycles. The molecular weight excluding hydrogens is 322 g/mol. The van der Waals surface area contributed by atoms with Crippen molar-refractivity contribution in [2.75, 3.05) is 6.54 Å². The summed E-state index contributed by atoms with van der Waals surface area (Å²) in [7, 11) is 0. The summed E-state index contributed by atoms with van der Waals surface area (Å²) in [5.41, 5.74) is 6.12. The normalized spacial score (nSPS) is 16.8. The Kier molecular flexibility index (Phi) is 4.83. The molecule has 130 valence electrons. The van der Waals surface area contributed by atoms with Gasteiger partial charge in [0.2, 0.25) is 11.8 Å². The predicted octanol–water partition coefficient (Wildman–Crippen LogP) is 1.40. The van der Waals surface area contributed by atoms with Gasteiger partial charge in [0.05, 0.1) is 18.7 Å². The largest absolute Gasteiger partial charge is 0.467 e. The van der Waals surface area contributed by atoms with Crippen LogP contribution in [0.4, 0.5) is 0 Å². The number of benzene rings is 1. The number of nitrogens with one attached hydrogen (secondary N) is 2. The Morgan fingerprint density at radius 3 is 2.72 bits per heavy atom. The molecule has 1 atom stereocenters. The molecule has 2 aromatic rings. The van der Waals surface area contributed by atoms with E-state index in [9.17, 15) is 14.4 Å². The molecule has 0 saturated carbocycles. The molecular formula is C18H19N3O4. The fourth-order valence-corrected chi connectivity index (χ4v) is 2.81. The van der Waals surface area contributed by atoms with E-state index in [1.807, 2.05) is 19.1 Å². The average Bonchev–Trinajstić information content (AvgIpc) is 3.23. The summed E-state index contributed by atoms with van der Waals surface area (Å²) in [5, 5.41) is 0. The molecule has 25 heavy (non-hydrogen) atoms. The minimum atomic E-state index is -0.500. The number of amides is 3. The van der Waals surface area contributed by atoms with Gasteiger partial charge in [-0.05, 0) is 30.7 Å². The summed E-state index contributed by atoms with van der Waals surface area (Å²) in [5.74, 6) is -0.705. The molecule has 1 fully saturated rings. The molecule has 3 amide bonds. The Labute approximate surface area is 145 Å². The van der Waals surface area contributed by atoms with Crippen molar-refractivity contribution >= 4 is 17.7 Å². The first-order chi connectivity index (χ1) is 12.0. The van der Waals surface area contributed by atoms with E-state index in [4.69, 9.17) is 4.42 Å². The number of rotatable bonds is 4. The molecule has 1 aromatic carbocycles. The lowest BCUT2D eigenvalue weighted by Gasteiger charge is -2.15. The standard InChI is InChI=1S/C18H19N3O4/c1-12-5-2-3-7-15(12)18(24)20-19-17(23)13-9-16(22)21(10-13)11-14-6-4-8-25-14/h2-8,13H,9-11H2,1H3,(H,19,23)(H,20,24). The van der Waals surface area contributed by atoms with Crippen molar-refractivity contribution in [1.82, 2.24) is 15.8 Å². The van der Waals surface area contributed by atoms with E-state index in [-0.39, 0.29) is 24.1 Å². The van der Waals surface area contributed by atoms with Crippen LogP contribution < -0.4 is 10.9 Å². The van der Waals surface area contributed by atoms with E-state index in [1.165, 1.54) is 0 Å². The number of nitrogens with zero attached hydrogens (tertiary/aromatic N) is 1. The SMILES string of the molecule is Cc1ccccc1C(=O)NNC(=O)C1CC(=O)N(Cc2ccco2)C1. The van der Waals surface area contributed by atoms with Gasteiger partial charge in [0.25, 0.3) is 5.91 Å². The zero-order valence-electron chi connectivity index (χ0n) is 13.8. The van der Waals surface area contributed by atoms with Gasteiger partial charge in [-0.15, -0.1) is 0 Å². The predicted molar refractivity (Wildman–Crippen MR) is 89.0 cm³/mol. The lowest BCUT2D eigenvalue weighted by Crippen LogP contribution is -2.45. The number of carbonyl (C=O) groups is 3. The molecule has 0 spiro atoms. The number of furan rings is 1. The van der Waals surface area contributed by atoms with Crippen LogP contribution in [0.3, 0.4) is 0 Å². The first-order valence-corrected chi connectivity index (χ1v) is 8.00. The molecule has 0 bridgehead atoms. The second-order valence-corrected chi connectivity index (χ2v) is 6.01. The van der Waals surface area contributed by atoms with Crippen molar-refractivity contribution in [3.05, 3.63) is 59.5 Å². The minimum Gasteiger partial charge on any atom is -0.467 e. The maximum atomic E-state index is 12.2. The first-order valence-electron chi connectivity index (χ1n) is 8.00. The molecule has 7 nitrogen and oxygen atoms in total. The molecule has 7 heteroatoms. The third-order valence-corrected chi connectivity index (χ3v) is 4.20. The van der Waals surface area contributed by atoms with Crippen LogP contribution in [0.1, 0.15) is 28.1 Å². The van der Waals surface area contributed by atoms with Gasteiger partial charge in [-0.3, -0.25) is 25.2 Å². The van der Waals surface area contributed by atoms with Gasteiger partial charge in [-0.2, -0.15) is 0 Å². The first kappa shape index (κ1) is 16.8. The van der Waals surface area contributed by atoms with Crippen molar-refractivity contribution in [2.24, 2.45) is 5.92 Å². The van der Waals surface area contributed by atoms with Gasteiger partial charge in [0.1, 0.15) is 5.76 Å². The van der Waals surface area contributed by atoms with Crippen molar-refractivity contribution in [3.63, 3.8) is 0 Å². The summed E-state index contributed by atoms with van der Waals surface area (Å²) in [4.78, 5) is 38.0. The fourth-order valence-electron chi connectivity index (χ4n) is 2.81. The van der Waals surface area contributed by atoms with Crippen LogP contribution in [-0.2, 0) is 16.1 Å². The number of hydrogen-bond donors (Lipinski definition) is 2. The number of likely N-dealkylation sites (tertiary alicyclic amines) is 1. The molecule has 1 unspecified atom stereocenters. The van der Waals surface area contributed by atoms with Crippen LogP contribution in [0.15, 0.2) is 47.1 Å². The average molecular weight is 341 g/mol. The maximum absolute atomic E-state index is 12.2. The highest BCUT2D eigenvalue weighted by atomic mass is 16.3. The number of aryl methyl sites for hydroxylation is 1. The minimum absolute atomic E-state index is 0.109. The van der Waals surface area contributed by atoms with Crippen molar-refractivity contribution in [1.29, 1.82) is 0 Å². The summed E-state index contributed by atoms with van der Waals surface area (Å²) < 4.78 is 5.23. The fraction of sp³-hybridized carbons (Fsp3) is 0.278. The molecule has 3 rings (SSSR count). The quantitative estimate of drug-likeness (QED) is 0.822. The maximum Gasteiger partial charge on any atom is 0.269 e. The molecule has 1 saturated heterocycles. The van der Waals surface area contributed by atoms with E-state index in [0.717, 1.165) is 5.56 Å². The Hall–Kier alpha value is -3.09. The highest BCUT2D eigenvalue weighted by Crippen LogP contribution is 2.20. The van der Waals surface area contributed by atoms with Crippen LogP contribution in [0, 0.1) is 12.8 Å². The molecule has 2 heterocycles.